The molecule has 1 heterocycles. The first-order valence-electron chi connectivity index (χ1n) is 7.23. The molecule has 0 amide bonds. The Morgan fingerprint density at radius 3 is 2.67 bits per heavy atom. The first-order chi connectivity index (χ1) is 8.78. The molecule has 1 aliphatic carbocycles. The second-order valence-corrected chi connectivity index (χ2v) is 6.68. The third-order valence-electron chi connectivity index (χ3n) is 4.31. The van der Waals surface area contributed by atoms with Gasteiger partial charge in [0.2, 0.25) is 0 Å². The van der Waals surface area contributed by atoms with Crippen LogP contribution in [0.1, 0.15) is 43.9 Å². The zero-order valence-corrected chi connectivity index (χ0v) is 12.3. The fourth-order valence-electron chi connectivity index (χ4n) is 3.11. The van der Waals surface area contributed by atoms with Gasteiger partial charge in [-0.3, -0.25) is 4.90 Å². The van der Waals surface area contributed by atoms with E-state index < -0.39 is 0 Å². The first-order valence-corrected chi connectivity index (χ1v) is 8.11. The topological polar surface area (TPSA) is 29.3 Å². The summed E-state index contributed by atoms with van der Waals surface area (Å²) in [4.78, 5) is 4.05. The van der Waals surface area contributed by atoms with Crippen molar-refractivity contribution in [2.45, 2.75) is 45.6 Å². The van der Waals surface area contributed by atoms with E-state index in [1.165, 1.54) is 43.5 Å². The summed E-state index contributed by atoms with van der Waals surface area (Å²) < 4.78 is 0. The lowest BCUT2D eigenvalue weighted by atomic mass is 9.73. The quantitative estimate of drug-likeness (QED) is 0.854. The van der Waals surface area contributed by atoms with Crippen LogP contribution in [-0.4, -0.2) is 24.5 Å². The molecule has 0 bridgehead atoms. The van der Waals surface area contributed by atoms with E-state index >= 15 is 0 Å². The molecule has 1 aromatic heterocycles. The lowest BCUT2D eigenvalue weighted by Gasteiger charge is -2.40. The van der Waals surface area contributed by atoms with Crippen molar-refractivity contribution in [1.82, 2.24) is 4.90 Å². The number of nitrogens with zero attached hydrogens (tertiary/aromatic N) is 1. The van der Waals surface area contributed by atoms with E-state index in [9.17, 15) is 0 Å². The van der Waals surface area contributed by atoms with Crippen molar-refractivity contribution in [2.75, 3.05) is 19.6 Å². The van der Waals surface area contributed by atoms with Crippen LogP contribution in [0.25, 0.3) is 0 Å². The maximum Gasteiger partial charge on any atom is 0.0328 e. The maximum atomic E-state index is 6.09. The standard InChI is InChI=1S/C15H26N2S/c1-2-17(11-14-7-6-10-18-14)13-15(12-16)8-4-3-5-9-15/h6-7,10H,2-5,8-9,11-13,16H2,1H3. The summed E-state index contributed by atoms with van der Waals surface area (Å²) in [7, 11) is 0. The van der Waals surface area contributed by atoms with E-state index in [-0.39, 0.29) is 0 Å². The van der Waals surface area contributed by atoms with Crippen LogP contribution < -0.4 is 5.73 Å². The van der Waals surface area contributed by atoms with Gasteiger partial charge in [0.25, 0.3) is 0 Å². The molecule has 1 aromatic rings. The molecule has 2 N–H and O–H groups in total. The van der Waals surface area contributed by atoms with Crippen molar-refractivity contribution in [3.63, 3.8) is 0 Å². The van der Waals surface area contributed by atoms with Gasteiger partial charge in [0, 0.05) is 18.0 Å². The minimum Gasteiger partial charge on any atom is -0.330 e. The highest BCUT2D eigenvalue weighted by Gasteiger charge is 2.32. The SMILES string of the molecule is CCN(Cc1cccs1)CC1(CN)CCCCC1. The Morgan fingerprint density at radius 2 is 2.11 bits per heavy atom. The molecule has 0 radical (unpaired) electrons. The molecule has 0 spiro atoms. The van der Waals surface area contributed by atoms with Crippen LogP contribution in [0, 0.1) is 5.41 Å². The Labute approximate surface area is 115 Å². The number of nitrogens with two attached hydrogens (primary N) is 1. The van der Waals surface area contributed by atoms with Gasteiger partial charge in [-0.05, 0) is 42.8 Å². The zero-order valence-electron chi connectivity index (χ0n) is 11.5. The van der Waals surface area contributed by atoms with E-state index in [0.717, 1.165) is 19.6 Å². The second-order valence-electron chi connectivity index (χ2n) is 5.65. The molecule has 0 aliphatic heterocycles. The van der Waals surface area contributed by atoms with Gasteiger partial charge in [0.05, 0.1) is 0 Å². The molecule has 0 saturated heterocycles. The van der Waals surface area contributed by atoms with Gasteiger partial charge in [-0.25, -0.2) is 0 Å². The maximum absolute atomic E-state index is 6.09. The van der Waals surface area contributed by atoms with Crippen molar-refractivity contribution in [3.05, 3.63) is 22.4 Å². The van der Waals surface area contributed by atoms with Crippen LogP contribution in [0.5, 0.6) is 0 Å². The molecular weight excluding hydrogens is 240 g/mol. The summed E-state index contributed by atoms with van der Waals surface area (Å²) in [6.45, 7) is 6.52. The van der Waals surface area contributed by atoms with Crippen molar-refractivity contribution < 1.29 is 0 Å². The largest absolute Gasteiger partial charge is 0.330 e. The summed E-state index contributed by atoms with van der Waals surface area (Å²) in [5.74, 6) is 0. The Hall–Kier alpha value is -0.380. The first kappa shape index (κ1) is 14.0. The Balaban J connectivity index is 1.95. The molecule has 0 unspecified atom stereocenters. The highest BCUT2D eigenvalue weighted by Crippen LogP contribution is 2.36. The smallest absolute Gasteiger partial charge is 0.0328 e. The molecule has 0 atom stereocenters. The normalized spacial score (nSPS) is 19.3. The lowest BCUT2D eigenvalue weighted by molar-refractivity contribution is 0.111. The number of hydrogen-bond acceptors (Lipinski definition) is 3. The molecule has 102 valence electrons. The monoisotopic (exact) mass is 266 g/mol. The van der Waals surface area contributed by atoms with Gasteiger partial charge in [0.15, 0.2) is 0 Å². The van der Waals surface area contributed by atoms with Crippen molar-refractivity contribution in [1.29, 1.82) is 0 Å². The zero-order chi connectivity index (χ0) is 12.8. The summed E-state index contributed by atoms with van der Waals surface area (Å²) in [6.07, 6.45) is 6.79. The summed E-state index contributed by atoms with van der Waals surface area (Å²) in [5.41, 5.74) is 6.48. The molecule has 3 heteroatoms. The average Bonchev–Trinajstić information content (AvgIpc) is 2.92. The van der Waals surface area contributed by atoms with Crippen LogP contribution >= 0.6 is 11.3 Å². The van der Waals surface area contributed by atoms with E-state index in [1.807, 2.05) is 11.3 Å². The van der Waals surface area contributed by atoms with Crippen LogP contribution in [-0.2, 0) is 6.54 Å². The fourth-order valence-corrected chi connectivity index (χ4v) is 3.85. The Bertz CT molecular complexity index is 328. The lowest BCUT2D eigenvalue weighted by Crippen LogP contribution is -2.43. The highest BCUT2D eigenvalue weighted by atomic mass is 32.1. The fraction of sp³-hybridized carbons (Fsp3) is 0.733. The summed E-state index contributed by atoms with van der Waals surface area (Å²) in [5, 5.41) is 2.17. The van der Waals surface area contributed by atoms with Crippen LogP contribution in [0.3, 0.4) is 0 Å². The number of thiophene rings is 1. The van der Waals surface area contributed by atoms with E-state index in [1.54, 1.807) is 0 Å². The van der Waals surface area contributed by atoms with Crippen molar-refractivity contribution >= 4 is 11.3 Å². The molecular formula is C15H26N2S. The van der Waals surface area contributed by atoms with E-state index in [2.05, 4.69) is 29.3 Å². The van der Waals surface area contributed by atoms with Gasteiger partial charge in [-0.1, -0.05) is 32.3 Å². The molecule has 1 saturated carbocycles. The number of rotatable bonds is 6. The van der Waals surface area contributed by atoms with E-state index in [0.29, 0.717) is 5.41 Å². The second kappa shape index (κ2) is 6.69. The minimum atomic E-state index is 0.394. The summed E-state index contributed by atoms with van der Waals surface area (Å²) >= 11 is 1.86. The average molecular weight is 266 g/mol. The van der Waals surface area contributed by atoms with E-state index in [4.69, 9.17) is 5.73 Å². The van der Waals surface area contributed by atoms with Crippen molar-refractivity contribution in [2.24, 2.45) is 11.1 Å². The predicted molar refractivity (Wildman–Crippen MR) is 79.8 cm³/mol. The van der Waals surface area contributed by atoms with Gasteiger partial charge in [-0.15, -0.1) is 11.3 Å². The van der Waals surface area contributed by atoms with Crippen LogP contribution in [0.15, 0.2) is 17.5 Å². The Morgan fingerprint density at radius 1 is 1.33 bits per heavy atom. The molecule has 0 aromatic carbocycles. The van der Waals surface area contributed by atoms with Gasteiger partial charge < -0.3 is 5.73 Å². The van der Waals surface area contributed by atoms with Crippen LogP contribution in [0.4, 0.5) is 0 Å². The molecule has 2 rings (SSSR count). The van der Waals surface area contributed by atoms with Crippen molar-refractivity contribution in [3.8, 4) is 0 Å². The minimum absolute atomic E-state index is 0.394. The third-order valence-corrected chi connectivity index (χ3v) is 5.17. The predicted octanol–water partition coefficient (Wildman–Crippen LogP) is 3.48. The van der Waals surface area contributed by atoms with Crippen LogP contribution in [0.2, 0.25) is 0 Å². The Kier molecular flexibility index (Phi) is 5.22. The molecule has 1 fully saturated rings. The molecule has 2 nitrogen and oxygen atoms in total. The number of hydrogen-bond donors (Lipinski definition) is 1. The van der Waals surface area contributed by atoms with Gasteiger partial charge in [0.1, 0.15) is 0 Å². The van der Waals surface area contributed by atoms with Gasteiger partial charge >= 0.3 is 0 Å². The summed E-state index contributed by atoms with van der Waals surface area (Å²) in [6, 6.07) is 4.39. The third kappa shape index (κ3) is 3.56. The van der Waals surface area contributed by atoms with Gasteiger partial charge in [-0.2, -0.15) is 0 Å². The molecule has 18 heavy (non-hydrogen) atoms. The molecule has 1 aliphatic rings. The highest BCUT2D eigenvalue weighted by molar-refractivity contribution is 7.09.